The first kappa shape index (κ1) is 27.5. The molecule has 4 aromatic rings. The van der Waals surface area contributed by atoms with E-state index in [2.05, 4.69) is 16.0 Å². The maximum Gasteiger partial charge on any atom is 0.300 e. The number of halogens is 2. The van der Waals surface area contributed by atoms with Gasteiger partial charge < -0.3 is 19.9 Å². The number of aliphatic carboxylic acids is 1. The van der Waals surface area contributed by atoms with Crippen LogP contribution in [0.1, 0.15) is 42.1 Å². The molecule has 0 unspecified atom stereocenters. The fourth-order valence-electron chi connectivity index (χ4n) is 5.83. The van der Waals surface area contributed by atoms with Gasteiger partial charge in [-0.1, -0.05) is 12.1 Å². The number of fused-ring (bicyclic) bond motifs is 4. The zero-order valence-corrected chi connectivity index (χ0v) is 22.5. The molecule has 3 fully saturated rings. The van der Waals surface area contributed by atoms with E-state index in [0.29, 0.717) is 17.7 Å². The van der Waals surface area contributed by atoms with E-state index in [1.807, 2.05) is 30.5 Å². The van der Waals surface area contributed by atoms with Crippen molar-refractivity contribution in [1.29, 1.82) is 0 Å². The number of amides is 1. The second-order valence-electron chi connectivity index (χ2n) is 10.9. The molecule has 6 nitrogen and oxygen atoms in total. The molecule has 1 amide bonds. The highest BCUT2D eigenvalue weighted by molar-refractivity contribution is 5.94. The molecule has 8 heteroatoms. The predicted molar refractivity (Wildman–Crippen MR) is 151 cm³/mol. The van der Waals surface area contributed by atoms with Crippen LogP contribution in [0.25, 0.3) is 22.0 Å². The fourth-order valence-corrected chi connectivity index (χ4v) is 5.83. The lowest BCUT2D eigenvalue weighted by Crippen LogP contribution is -2.53. The summed E-state index contributed by atoms with van der Waals surface area (Å²) in [5.74, 6) is -1.72. The lowest BCUT2D eigenvalue weighted by molar-refractivity contribution is -0.134. The number of carbonyl (C=O) groups is 2. The van der Waals surface area contributed by atoms with Crippen LogP contribution in [-0.4, -0.2) is 57.9 Å². The van der Waals surface area contributed by atoms with Crippen molar-refractivity contribution in [2.45, 2.75) is 32.7 Å². The first-order valence-corrected chi connectivity index (χ1v) is 13.5. The molecule has 40 heavy (non-hydrogen) atoms. The van der Waals surface area contributed by atoms with Crippen LogP contribution >= 0.6 is 0 Å². The maximum absolute atomic E-state index is 15.1. The summed E-state index contributed by atoms with van der Waals surface area (Å²) in [5.41, 5.74) is 3.93. The van der Waals surface area contributed by atoms with Gasteiger partial charge in [-0.3, -0.25) is 9.59 Å². The minimum absolute atomic E-state index is 0.0534. The van der Waals surface area contributed by atoms with E-state index in [9.17, 15) is 9.18 Å². The van der Waals surface area contributed by atoms with Crippen LogP contribution in [0.3, 0.4) is 0 Å². The molecule has 3 aromatic carbocycles. The summed E-state index contributed by atoms with van der Waals surface area (Å²) in [6, 6.07) is 18.9. The molecule has 0 radical (unpaired) electrons. The van der Waals surface area contributed by atoms with Crippen LogP contribution in [0.15, 0.2) is 72.9 Å². The smallest absolute Gasteiger partial charge is 0.300 e. The molecule has 2 N–H and O–H groups in total. The average Bonchev–Trinajstić information content (AvgIpc) is 3.43. The van der Waals surface area contributed by atoms with Gasteiger partial charge >= 0.3 is 0 Å². The largest absolute Gasteiger partial charge is 0.481 e. The van der Waals surface area contributed by atoms with Crippen molar-refractivity contribution >= 4 is 22.8 Å². The van der Waals surface area contributed by atoms with E-state index >= 15 is 4.39 Å². The Kier molecular flexibility index (Phi) is 7.98. The molecule has 2 bridgehead atoms. The molecule has 208 valence electrons. The Morgan fingerprint density at radius 1 is 0.925 bits per heavy atom. The SMILES string of the molecule is CC(=O)O.O=C(c1ccc(F)cc1)N(Cc1cc(-c2ccc3[nH]ccc3c2)ccc1F)CC12CCN(CC1)CC2. The number of carboxylic acids is 1. The highest BCUT2D eigenvalue weighted by atomic mass is 19.1. The Labute approximate surface area is 232 Å². The highest BCUT2D eigenvalue weighted by Crippen LogP contribution is 2.41. The molecule has 0 spiro atoms. The number of rotatable bonds is 6. The third-order valence-corrected chi connectivity index (χ3v) is 8.07. The molecule has 0 saturated carbocycles. The highest BCUT2D eigenvalue weighted by Gasteiger charge is 2.41. The van der Waals surface area contributed by atoms with Crippen molar-refractivity contribution in [3.63, 3.8) is 0 Å². The molecule has 0 aliphatic carbocycles. The summed E-state index contributed by atoms with van der Waals surface area (Å²) in [4.78, 5) is 30.1. The van der Waals surface area contributed by atoms with Crippen molar-refractivity contribution in [2.24, 2.45) is 5.41 Å². The van der Waals surface area contributed by atoms with Crippen LogP contribution in [0, 0.1) is 17.0 Å². The first-order valence-electron chi connectivity index (χ1n) is 13.5. The van der Waals surface area contributed by atoms with Gasteiger partial charge in [-0.25, -0.2) is 8.78 Å². The second-order valence-corrected chi connectivity index (χ2v) is 10.9. The lowest BCUT2D eigenvalue weighted by atomic mass is 9.71. The molecular weight excluding hydrogens is 512 g/mol. The first-order chi connectivity index (χ1) is 19.2. The quantitative estimate of drug-likeness (QED) is 0.297. The van der Waals surface area contributed by atoms with E-state index in [4.69, 9.17) is 9.90 Å². The number of aromatic nitrogens is 1. The lowest BCUT2D eigenvalue weighted by Gasteiger charge is -2.50. The molecular formula is C32H33F2N3O3. The van der Waals surface area contributed by atoms with Gasteiger partial charge in [-0.15, -0.1) is 0 Å². The van der Waals surface area contributed by atoms with Gasteiger partial charge in [0.2, 0.25) is 0 Å². The van der Waals surface area contributed by atoms with Crippen LogP contribution in [-0.2, 0) is 11.3 Å². The Morgan fingerprint density at radius 2 is 1.55 bits per heavy atom. The zero-order chi connectivity index (χ0) is 28.3. The van der Waals surface area contributed by atoms with E-state index in [1.54, 1.807) is 11.0 Å². The van der Waals surface area contributed by atoms with Crippen molar-refractivity contribution in [3.8, 4) is 11.1 Å². The average molecular weight is 546 g/mol. The third-order valence-electron chi connectivity index (χ3n) is 8.07. The second kappa shape index (κ2) is 11.6. The monoisotopic (exact) mass is 545 g/mol. The standard InChI is InChI=1S/C30H29F2N3O.C2H4O2/c31-26-5-1-21(2-6-26)29(36)35(20-30-10-14-34(15-11-30)16-12-30)19-25-18-22(3-7-27(25)32)23-4-8-28-24(17-23)9-13-33-28;1-2(3)4/h1-9,13,17-18,33H,10-12,14-16,19-20H2;1H3,(H,3,4). The molecule has 0 atom stereocenters. The number of benzene rings is 3. The number of nitrogens with zero attached hydrogens (tertiary/aromatic N) is 2. The number of carbonyl (C=O) groups excluding carboxylic acids is 1. The summed E-state index contributed by atoms with van der Waals surface area (Å²) in [5, 5.41) is 8.51. The summed E-state index contributed by atoms with van der Waals surface area (Å²) in [7, 11) is 0. The minimum Gasteiger partial charge on any atom is -0.481 e. The number of H-pyrrole nitrogens is 1. The van der Waals surface area contributed by atoms with Gasteiger partial charge in [-0.05, 0) is 115 Å². The van der Waals surface area contributed by atoms with Gasteiger partial charge in [0.05, 0.1) is 0 Å². The summed E-state index contributed by atoms with van der Waals surface area (Å²) in [6.45, 7) is 4.97. The number of piperidine rings is 3. The van der Waals surface area contributed by atoms with E-state index in [0.717, 1.165) is 67.9 Å². The Morgan fingerprint density at radius 3 is 2.23 bits per heavy atom. The third kappa shape index (κ3) is 6.23. The van der Waals surface area contributed by atoms with Crippen molar-refractivity contribution in [3.05, 3.63) is 95.7 Å². The Hall–Kier alpha value is -4.04. The van der Waals surface area contributed by atoms with Gasteiger partial charge in [0.25, 0.3) is 11.9 Å². The minimum atomic E-state index is -0.833. The Balaban J connectivity index is 0.000000758. The molecule has 3 aliphatic rings. The van der Waals surface area contributed by atoms with Crippen molar-refractivity contribution in [1.82, 2.24) is 14.8 Å². The summed E-state index contributed by atoms with van der Waals surface area (Å²) >= 11 is 0. The van der Waals surface area contributed by atoms with Gasteiger partial charge in [0.15, 0.2) is 0 Å². The van der Waals surface area contributed by atoms with Crippen LogP contribution in [0.4, 0.5) is 8.78 Å². The van der Waals surface area contributed by atoms with Crippen LogP contribution in [0.2, 0.25) is 0 Å². The van der Waals surface area contributed by atoms with E-state index in [1.165, 1.54) is 30.3 Å². The van der Waals surface area contributed by atoms with Crippen LogP contribution < -0.4 is 0 Å². The normalized spacial score (nSPS) is 19.6. The van der Waals surface area contributed by atoms with Crippen LogP contribution in [0.5, 0.6) is 0 Å². The van der Waals surface area contributed by atoms with Gasteiger partial charge in [0.1, 0.15) is 11.6 Å². The number of carboxylic acid groups (broad SMARTS) is 1. The summed E-state index contributed by atoms with van der Waals surface area (Å²) < 4.78 is 28.7. The topological polar surface area (TPSA) is 76.6 Å². The number of nitrogens with one attached hydrogen (secondary N) is 1. The Bertz CT molecular complexity index is 1490. The van der Waals surface area contributed by atoms with Crippen molar-refractivity contribution in [2.75, 3.05) is 26.2 Å². The number of aromatic amines is 1. The molecule has 7 rings (SSSR count). The molecule has 1 aromatic heterocycles. The number of hydrogen-bond acceptors (Lipinski definition) is 3. The molecule has 4 heterocycles. The molecule has 3 aliphatic heterocycles. The number of hydrogen-bond donors (Lipinski definition) is 2. The maximum atomic E-state index is 15.1. The van der Waals surface area contributed by atoms with E-state index < -0.39 is 5.97 Å². The predicted octanol–water partition coefficient (Wildman–Crippen LogP) is 6.33. The van der Waals surface area contributed by atoms with Gasteiger partial charge in [-0.2, -0.15) is 0 Å². The summed E-state index contributed by atoms with van der Waals surface area (Å²) in [6.07, 6.45) is 5.02. The molecule has 3 saturated heterocycles. The van der Waals surface area contributed by atoms with E-state index in [-0.39, 0.29) is 29.5 Å². The fraction of sp³-hybridized carbons (Fsp3) is 0.312. The van der Waals surface area contributed by atoms with Gasteiger partial charge in [0, 0.05) is 42.9 Å². The van der Waals surface area contributed by atoms with Crippen molar-refractivity contribution < 1.29 is 23.5 Å². The zero-order valence-electron chi connectivity index (χ0n) is 22.5.